The zero-order valence-corrected chi connectivity index (χ0v) is 6.68. The minimum absolute atomic E-state index is 0.0556. The highest BCUT2D eigenvalue weighted by Crippen LogP contribution is 1.74. The van der Waals surface area contributed by atoms with Crippen LogP contribution in [0.1, 0.15) is 6.42 Å². The molecule has 0 aliphatic heterocycles. The Labute approximate surface area is 70.6 Å². The molecule has 0 amide bonds. The fourth-order valence-electron chi connectivity index (χ4n) is 0.181. The van der Waals surface area contributed by atoms with Crippen LogP contribution in [0.5, 0.6) is 0 Å². The smallest absolute Gasteiger partial charge is 0.307 e. The molecule has 0 fully saturated rings. The van der Waals surface area contributed by atoms with Gasteiger partial charge in [-0.25, -0.2) is 0 Å². The minimum Gasteiger partial charge on any atom is -0.481 e. The van der Waals surface area contributed by atoms with E-state index in [1.807, 2.05) is 0 Å². The number of hydrogen-bond donors (Lipinski definition) is 4. The molecule has 0 aliphatic carbocycles. The van der Waals surface area contributed by atoms with Crippen molar-refractivity contribution in [2.24, 2.45) is 0 Å². The summed E-state index contributed by atoms with van der Waals surface area (Å²) in [6, 6.07) is 0. The van der Waals surface area contributed by atoms with Gasteiger partial charge in [0.2, 0.25) is 0 Å². The Morgan fingerprint density at radius 3 is 1.83 bits per heavy atom. The second-order valence-corrected chi connectivity index (χ2v) is 1.91. The van der Waals surface area contributed by atoms with E-state index in [0.29, 0.717) is 0 Å². The Bertz CT molecular complexity index is 119. The molecule has 0 spiro atoms. The summed E-state index contributed by atoms with van der Waals surface area (Å²) in [5, 5.41) is 31.9. The minimum atomic E-state index is -0.954. The summed E-state index contributed by atoms with van der Waals surface area (Å²) in [5.74, 6) is -0.829. The lowest BCUT2D eigenvalue weighted by Gasteiger charge is -1.96. The maximum absolute atomic E-state index is 9.53. The summed E-state index contributed by atoms with van der Waals surface area (Å²) in [4.78, 5) is 9.53. The molecule has 0 radical (unpaired) electrons. The lowest BCUT2D eigenvalue weighted by molar-refractivity contribution is -0.135. The van der Waals surface area contributed by atoms with E-state index >= 15 is 0 Å². The second-order valence-electron chi connectivity index (χ2n) is 1.91. The van der Waals surface area contributed by atoms with E-state index in [0.717, 1.165) is 0 Å². The molecule has 0 aliphatic rings. The molecular formula is C7H14O5. The highest BCUT2D eigenvalue weighted by atomic mass is 16.4. The Hall–Kier alpha value is -0.910. The lowest BCUT2D eigenvalue weighted by atomic mass is 10.4. The first-order chi connectivity index (χ1) is 5.58. The van der Waals surface area contributed by atoms with Gasteiger partial charge in [-0.15, -0.1) is 6.58 Å². The molecule has 0 aromatic heterocycles. The van der Waals surface area contributed by atoms with Gasteiger partial charge in [0.05, 0.1) is 19.6 Å². The average Bonchev–Trinajstić information content (AvgIpc) is 2.04. The molecule has 0 aromatic carbocycles. The van der Waals surface area contributed by atoms with Crippen molar-refractivity contribution in [3.05, 3.63) is 12.7 Å². The van der Waals surface area contributed by atoms with Gasteiger partial charge < -0.3 is 20.4 Å². The SMILES string of the molecule is C=CCC(=O)O.OCC(O)CO. The number of carboxylic acid groups (broad SMARTS) is 1. The fraction of sp³-hybridized carbons (Fsp3) is 0.571. The molecule has 5 heteroatoms. The third-order valence-electron chi connectivity index (χ3n) is 0.740. The van der Waals surface area contributed by atoms with Crippen molar-refractivity contribution in [3.8, 4) is 0 Å². The van der Waals surface area contributed by atoms with Crippen LogP contribution in [0.3, 0.4) is 0 Å². The van der Waals surface area contributed by atoms with Gasteiger partial charge in [0.15, 0.2) is 0 Å². The molecule has 4 N–H and O–H groups in total. The van der Waals surface area contributed by atoms with E-state index in [9.17, 15) is 4.79 Å². The first-order valence-corrected chi connectivity index (χ1v) is 3.30. The number of aliphatic hydroxyl groups is 3. The van der Waals surface area contributed by atoms with E-state index < -0.39 is 12.1 Å². The molecule has 0 unspecified atom stereocenters. The zero-order valence-electron chi connectivity index (χ0n) is 6.68. The van der Waals surface area contributed by atoms with Crippen LogP contribution < -0.4 is 0 Å². The highest BCUT2D eigenvalue weighted by molar-refractivity contribution is 5.68. The van der Waals surface area contributed by atoms with Gasteiger partial charge in [0, 0.05) is 0 Å². The van der Waals surface area contributed by atoms with Crippen LogP contribution in [0.25, 0.3) is 0 Å². The third kappa shape index (κ3) is 16.0. The quantitative estimate of drug-likeness (QED) is 0.413. The largest absolute Gasteiger partial charge is 0.481 e. The van der Waals surface area contributed by atoms with Gasteiger partial charge in [0.1, 0.15) is 6.10 Å². The number of carbonyl (C=O) groups is 1. The van der Waals surface area contributed by atoms with Crippen LogP contribution in [0.2, 0.25) is 0 Å². The van der Waals surface area contributed by atoms with Gasteiger partial charge in [-0.3, -0.25) is 4.79 Å². The van der Waals surface area contributed by atoms with Crippen LogP contribution >= 0.6 is 0 Å². The fourth-order valence-corrected chi connectivity index (χ4v) is 0.181. The Morgan fingerprint density at radius 1 is 1.42 bits per heavy atom. The predicted octanol–water partition coefficient (Wildman–Crippen LogP) is -1.02. The molecule has 5 nitrogen and oxygen atoms in total. The summed E-state index contributed by atoms with van der Waals surface area (Å²) in [6.45, 7) is 2.49. The molecule has 0 bridgehead atoms. The standard InChI is InChI=1S/C4H6O2.C3H8O3/c1-2-3-4(5)6;4-1-3(6)2-5/h2H,1,3H2,(H,5,6);3-6H,1-2H2. The van der Waals surface area contributed by atoms with Crippen molar-refractivity contribution in [3.63, 3.8) is 0 Å². The molecule has 0 aromatic rings. The molecule has 72 valence electrons. The molecule has 0 rings (SSSR count). The number of carboxylic acids is 1. The van der Waals surface area contributed by atoms with Gasteiger partial charge >= 0.3 is 5.97 Å². The van der Waals surface area contributed by atoms with Gasteiger partial charge in [-0.2, -0.15) is 0 Å². The third-order valence-corrected chi connectivity index (χ3v) is 0.740. The van der Waals surface area contributed by atoms with Crippen molar-refractivity contribution < 1.29 is 25.2 Å². The first kappa shape index (κ1) is 13.7. The number of aliphatic carboxylic acids is 1. The van der Waals surface area contributed by atoms with Gasteiger partial charge in [-0.1, -0.05) is 6.08 Å². The summed E-state index contributed by atoms with van der Waals surface area (Å²) >= 11 is 0. The normalized spacial score (nSPS) is 8.67. The lowest BCUT2D eigenvalue weighted by Crippen LogP contribution is -2.15. The second kappa shape index (κ2) is 10.1. The van der Waals surface area contributed by atoms with Crippen molar-refractivity contribution in [1.82, 2.24) is 0 Å². The molecule has 0 saturated heterocycles. The van der Waals surface area contributed by atoms with Crippen molar-refractivity contribution in [1.29, 1.82) is 0 Å². The van der Waals surface area contributed by atoms with Crippen LogP contribution in [0, 0.1) is 0 Å². The summed E-state index contributed by atoms with van der Waals surface area (Å²) in [5.41, 5.74) is 0. The predicted molar refractivity (Wildman–Crippen MR) is 42.6 cm³/mol. The zero-order chi connectivity index (χ0) is 9.98. The van der Waals surface area contributed by atoms with Gasteiger partial charge in [-0.05, 0) is 0 Å². The number of aliphatic hydroxyl groups excluding tert-OH is 3. The number of hydrogen-bond acceptors (Lipinski definition) is 4. The van der Waals surface area contributed by atoms with Crippen molar-refractivity contribution in [2.75, 3.05) is 13.2 Å². The molecule has 0 saturated carbocycles. The topological polar surface area (TPSA) is 98.0 Å². The van der Waals surface area contributed by atoms with E-state index in [2.05, 4.69) is 6.58 Å². The maximum Gasteiger partial charge on any atom is 0.307 e. The van der Waals surface area contributed by atoms with Crippen LogP contribution in [-0.2, 0) is 4.79 Å². The Balaban J connectivity index is 0. The highest BCUT2D eigenvalue weighted by Gasteiger charge is 1.93. The maximum atomic E-state index is 9.53. The first-order valence-electron chi connectivity index (χ1n) is 3.30. The van der Waals surface area contributed by atoms with E-state index in [-0.39, 0.29) is 19.6 Å². The number of rotatable bonds is 4. The average molecular weight is 178 g/mol. The van der Waals surface area contributed by atoms with E-state index in [4.69, 9.17) is 20.4 Å². The van der Waals surface area contributed by atoms with Crippen LogP contribution in [0.15, 0.2) is 12.7 Å². The molecule has 12 heavy (non-hydrogen) atoms. The van der Waals surface area contributed by atoms with Crippen LogP contribution in [0.4, 0.5) is 0 Å². The summed E-state index contributed by atoms with van der Waals surface area (Å²) < 4.78 is 0. The summed E-state index contributed by atoms with van der Waals surface area (Å²) in [7, 11) is 0. The van der Waals surface area contributed by atoms with Gasteiger partial charge in [0.25, 0.3) is 0 Å². The molecule has 0 heterocycles. The monoisotopic (exact) mass is 178 g/mol. The molecule has 0 atom stereocenters. The molecular weight excluding hydrogens is 164 g/mol. The summed E-state index contributed by atoms with van der Waals surface area (Å²) in [6.07, 6.45) is 0.451. The van der Waals surface area contributed by atoms with E-state index in [1.54, 1.807) is 0 Å². The Kier molecular flexibility index (Phi) is 11.5. The van der Waals surface area contributed by atoms with Crippen molar-refractivity contribution in [2.45, 2.75) is 12.5 Å². The van der Waals surface area contributed by atoms with Crippen molar-refractivity contribution >= 4 is 5.97 Å². The Morgan fingerprint density at radius 2 is 1.83 bits per heavy atom. The van der Waals surface area contributed by atoms with Crippen LogP contribution in [-0.4, -0.2) is 45.7 Å². The van der Waals surface area contributed by atoms with E-state index in [1.165, 1.54) is 6.08 Å².